The van der Waals surface area contributed by atoms with E-state index in [0.717, 1.165) is 31.3 Å². The molecule has 3 unspecified atom stereocenters. The second-order valence-corrected chi connectivity index (χ2v) is 5.59. The van der Waals surface area contributed by atoms with Crippen molar-refractivity contribution in [2.75, 3.05) is 6.54 Å². The Labute approximate surface area is 111 Å². The van der Waals surface area contributed by atoms with Crippen molar-refractivity contribution in [1.82, 2.24) is 15.1 Å². The van der Waals surface area contributed by atoms with Crippen LogP contribution >= 0.6 is 0 Å². The van der Waals surface area contributed by atoms with Gasteiger partial charge in [0.2, 0.25) is 0 Å². The van der Waals surface area contributed by atoms with Crippen molar-refractivity contribution >= 4 is 0 Å². The monoisotopic (exact) mass is 249 g/mol. The van der Waals surface area contributed by atoms with Gasteiger partial charge in [-0.15, -0.1) is 0 Å². The van der Waals surface area contributed by atoms with E-state index in [1.54, 1.807) is 0 Å². The topological polar surface area (TPSA) is 29.9 Å². The van der Waals surface area contributed by atoms with Gasteiger partial charge in [-0.25, -0.2) is 0 Å². The molecular formula is C15H27N3. The van der Waals surface area contributed by atoms with Crippen molar-refractivity contribution in [2.45, 2.75) is 59.0 Å². The molecule has 0 aromatic carbocycles. The van der Waals surface area contributed by atoms with E-state index in [-0.39, 0.29) is 0 Å². The molecule has 1 aliphatic carbocycles. The molecule has 3 nitrogen and oxygen atoms in total. The van der Waals surface area contributed by atoms with Gasteiger partial charge in [0.05, 0.1) is 11.7 Å². The minimum absolute atomic E-state index is 0.488. The van der Waals surface area contributed by atoms with Gasteiger partial charge < -0.3 is 5.32 Å². The van der Waals surface area contributed by atoms with Gasteiger partial charge in [-0.2, -0.15) is 5.10 Å². The molecule has 1 N–H and O–H groups in total. The lowest BCUT2D eigenvalue weighted by Crippen LogP contribution is -2.31. The molecule has 3 atom stereocenters. The summed E-state index contributed by atoms with van der Waals surface area (Å²) < 4.78 is 2.19. The average molecular weight is 249 g/mol. The maximum absolute atomic E-state index is 4.48. The van der Waals surface area contributed by atoms with Crippen LogP contribution in [0.15, 0.2) is 12.3 Å². The van der Waals surface area contributed by atoms with Crippen molar-refractivity contribution in [2.24, 2.45) is 11.8 Å². The third kappa shape index (κ3) is 2.77. The van der Waals surface area contributed by atoms with Crippen LogP contribution in [0.1, 0.15) is 58.2 Å². The Morgan fingerprint density at radius 1 is 1.44 bits per heavy atom. The Morgan fingerprint density at radius 3 is 2.89 bits per heavy atom. The summed E-state index contributed by atoms with van der Waals surface area (Å²) in [5.41, 5.74) is 1.39. The fourth-order valence-corrected chi connectivity index (χ4v) is 3.37. The zero-order valence-corrected chi connectivity index (χ0v) is 12.0. The Bertz CT molecular complexity index is 358. The van der Waals surface area contributed by atoms with Crippen molar-refractivity contribution in [3.63, 3.8) is 0 Å². The second kappa shape index (κ2) is 6.37. The highest BCUT2D eigenvalue weighted by Gasteiger charge is 2.32. The molecule has 3 heteroatoms. The van der Waals surface area contributed by atoms with E-state index in [9.17, 15) is 0 Å². The number of nitrogens with one attached hydrogen (secondary N) is 1. The lowest BCUT2D eigenvalue weighted by molar-refractivity contribution is 0.290. The van der Waals surface area contributed by atoms with Gasteiger partial charge in [-0.05, 0) is 37.3 Å². The molecule has 1 aromatic rings. The van der Waals surface area contributed by atoms with Crippen molar-refractivity contribution in [3.05, 3.63) is 18.0 Å². The van der Waals surface area contributed by atoms with Gasteiger partial charge >= 0.3 is 0 Å². The molecule has 102 valence electrons. The molecule has 0 radical (unpaired) electrons. The Morgan fingerprint density at radius 2 is 2.28 bits per heavy atom. The second-order valence-electron chi connectivity index (χ2n) is 5.59. The van der Waals surface area contributed by atoms with Crippen LogP contribution in [-0.4, -0.2) is 16.3 Å². The van der Waals surface area contributed by atoms with Crippen LogP contribution in [0, 0.1) is 11.8 Å². The molecule has 0 bridgehead atoms. The summed E-state index contributed by atoms with van der Waals surface area (Å²) in [6, 6.07) is 2.69. The molecular weight excluding hydrogens is 222 g/mol. The first-order valence-corrected chi connectivity index (χ1v) is 7.53. The fraction of sp³-hybridized carbons (Fsp3) is 0.800. The van der Waals surface area contributed by atoms with E-state index in [0.29, 0.717) is 6.04 Å². The maximum atomic E-state index is 4.48. The standard InChI is InChI=1S/C15H27N3/c1-4-11-18-14(9-10-17-18)15(16-5-2)13-8-6-7-12(13)3/h9-10,12-13,15-16H,4-8,11H2,1-3H3. The highest BCUT2D eigenvalue weighted by Crippen LogP contribution is 2.39. The van der Waals surface area contributed by atoms with Crippen LogP contribution in [0.2, 0.25) is 0 Å². The number of aromatic nitrogens is 2. The Kier molecular flexibility index (Phi) is 4.81. The van der Waals surface area contributed by atoms with Crippen LogP contribution < -0.4 is 5.32 Å². The zero-order valence-electron chi connectivity index (χ0n) is 12.0. The number of rotatable bonds is 6. The van der Waals surface area contributed by atoms with Crippen LogP contribution in [-0.2, 0) is 6.54 Å². The number of nitrogens with zero attached hydrogens (tertiary/aromatic N) is 2. The third-order valence-electron chi connectivity index (χ3n) is 4.28. The summed E-state index contributed by atoms with van der Waals surface area (Å²) in [7, 11) is 0. The predicted octanol–water partition coefficient (Wildman–Crippen LogP) is 3.38. The Hall–Kier alpha value is -0.830. The summed E-state index contributed by atoms with van der Waals surface area (Å²) in [6.07, 6.45) is 7.23. The fourth-order valence-electron chi connectivity index (χ4n) is 3.37. The van der Waals surface area contributed by atoms with Crippen LogP contribution in [0.25, 0.3) is 0 Å². The van der Waals surface area contributed by atoms with Gasteiger partial charge in [0.1, 0.15) is 0 Å². The van der Waals surface area contributed by atoms with E-state index < -0.39 is 0 Å². The number of aryl methyl sites for hydroxylation is 1. The van der Waals surface area contributed by atoms with Crippen molar-refractivity contribution in [3.8, 4) is 0 Å². The minimum atomic E-state index is 0.488. The summed E-state index contributed by atoms with van der Waals surface area (Å²) in [5, 5.41) is 8.18. The largest absolute Gasteiger partial charge is 0.309 e. The molecule has 0 aliphatic heterocycles. The minimum Gasteiger partial charge on any atom is -0.309 e. The first kappa shape index (κ1) is 13.6. The number of hydrogen-bond donors (Lipinski definition) is 1. The van der Waals surface area contributed by atoms with Crippen LogP contribution in [0.3, 0.4) is 0 Å². The third-order valence-corrected chi connectivity index (χ3v) is 4.28. The number of hydrogen-bond acceptors (Lipinski definition) is 2. The zero-order chi connectivity index (χ0) is 13.0. The summed E-state index contributed by atoms with van der Waals surface area (Å²) in [5.74, 6) is 1.61. The lowest BCUT2D eigenvalue weighted by atomic mass is 9.88. The van der Waals surface area contributed by atoms with Gasteiger partial charge in [-0.3, -0.25) is 4.68 Å². The summed E-state index contributed by atoms with van der Waals surface area (Å²) in [6.45, 7) is 8.89. The highest BCUT2D eigenvalue weighted by atomic mass is 15.3. The first-order chi connectivity index (χ1) is 8.77. The Balaban J connectivity index is 2.20. The molecule has 0 spiro atoms. The normalized spacial score (nSPS) is 25.5. The SMILES string of the molecule is CCCn1nccc1C(NCC)C1CCCC1C. The summed E-state index contributed by atoms with van der Waals surface area (Å²) >= 11 is 0. The molecule has 2 rings (SSSR count). The van der Waals surface area contributed by atoms with Crippen molar-refractivity contribution in [1.29, 1.82) is 0 Å². The summed E-state index contributed by atoms with van der Waals surface area (Å²) in [4.78, 5) is 0. The van der Waals surface area contributed by atoms with Gasteiger partial charge in [0, 0.05) is 12.7 Å². The molecule has 0 amide bonds. The molecule has 1 aliphatic rings. The molecule has 1 heterocycles. The van der Waals surface area contributed by atoms with Gasteiger partial charge in [0.15, 0.2) is 0 Å². The molecule has 18 heavy (non-hydrogen) atoms. The van der Waals surface area contributed by atoms with E-state index in [4.69, 9.17) is 0 Å². The van der Waals surface area contributed by atoms with Gasteiger partial charge in [-0.1, -0.05) is 33.6 Å². The predicted molar refractivity (Wildman–Crippen MR) is 75.4 cm³/mol. The van der Waals surface area contributed by atoms with E-state index >= 15 is 0 Å². The lowest BCUT2D eigenvalue weighted by Gasteiger charge is -2.28. The van der Waals surface area contributed by atoms with E-state index in [1.807, 2.05) is 6.20 Å². The van der Waals surface area contributed by atoms with Crippen molar-refractivity contribution < 1.29 is 0 Å². The smallest absolute Gasteiger partial charge is 0.0556 e. The van der Waals surface area contributed by atoms with Crippen LogP contribution in [0.4, 0.5) is 0 Å². The maximum Gasteiger partial charge on any atom is 0.0556 e. The first-order valence-electron chi connectivity index (χ1n) is 7.53. The quantitative estimate of drug-likeness (QED) is 0.837. The van der Waals surface area contributed by atoms with Gasteiger partial charge in [0.25, 0.3) is 0 Å². The molecule has 0 saturated heterocycles. The molecule has 1 fully saturated rings. The van der Waals surface area contributed by atoms with E-state index in [1.165, 1.54) is 25.0 Å². The molecule has 1 aromatic heterocycles. The van der Waals surface area contributed by atoms with Crippen LogP contribution in [0.5, 0.6) is 0 Å². The average Bonchev–Trinajstić information content (AvgIpc) is 2.96. The molecule has 1 saturated carbocycles. The highest BCUT2D eigenvalue weighted by molar-refractivity contribution is 5.10. The van der Waals surface area contributed by atoms with E-state index in [2.05, 4.69) is 41.9 Å².